The Morgan fingerprint density at radius 3 is 2.59 bits per heavy atom. The molecule has 1 unspecified atom stereocenters. The maximum atomic E-state index is 3.54. The van der Waals surface area contributed by atoms with Crippen LogP contribution in [0.25, 0.3) is 0 Å². The Kier molecular flexibility index (Phi) is 4.66. The first-order chi connectivity index (χ1) is 8.29. The van der Waals surface area contributed by atoms with Crippen molar-refractivity contribution in [2.24, 2.45) is 0 Å². The molecule has 0 radical (unpaired) electrons. The van der Waals surface area contributed by atoms with Crippen molar-refractivity contribution >= 4 is 23.1 Å². The van der Waals surface area contributed by atoms with E-state index < -0.39 is 0 Å². The molecule has 90 valence electrons. The molecule has 0 aliphatic carbocycles. The van der Waals surface area contributed by atoms with E-state index in [1.807, 2.05) is 0 Å². The van der Waals surface area contributed by atoms with E-state index in [2.05, 4.69) is 60.3 Å². The quantitative estimate of drug-likeness (QED) is 0.806. The van der Waals surface area contributed by atoms with Gasteiger partial charge in [0.1, 0.15) is 0 Å². The molecule has 0 spiro atoms. The lowest BCUT2D eigenvalue weighted by Crippen LogP contribution is -2.16. The predicted octanol–water partition coefficient (Wildman–Crippen LogP) is 4.32. The molecule has 2 aromatic rings. The highest BCUT2D eigenvalue weighted by molar-refractivity contribution is 7.98. The van der Waals surface area contributed by atoms with Gasteiger partial charge in [0, 0.05) is 22.4 Å². The topological polar surface area (TPSA) is 12.0 Å². The second kappa shape index (κ2) is 6.24. The number of thioether (sulfide) groups is 1. The van der Waals surface area contributed by atoms with Crippen molar-refractivity contribution in [2.75, 3.05) is 6.26 Å². The first-order valence-electron chi connectivity index (χ1n) is 5.69. The van der Waals surface area contributed by atoms with Crippen LogP contribution in [0.2, 0.25) is 0 Å². The number of nitrogens with one attached hydrogen (secondary N) is 1. The van der Waals surface area contributed by atoms with Crippen LogP contribution in [0.15, 0.2) is 46.7 Å². The summed E-state index contributed by atoms with van der Waals surface area (Å²) in [6, 6.07) is 13.5. The third-order valence-corrected chi connectivity index (χ3v) is 4.54. The molecule has 0 bridgehead atoms. The molecule has 17 heavy (non-hydrogen) atoms. The van der Waals surface area contributed by atoms with Gasteiger partial charge in [-0.05, 0) is 42.3 Å². The lowest BCUT2D eigenvalue weighted by Gasteiger charge is -2.12. The maximum Gasteiger partial charge on any atom is 0.0388 e. The van der Waals surface area contributed by atoms with Gasteiger partial charge in [-0.3, -0.25) is 0 Å². The highest BCUT2D eigenvalue weighted by atomic mass is 32.2. The fourth-order valence-electron chi connectivity index (χ4n) is 1.65. The van der Waals surface area contributed by atoms with Gasteiger partial charge in [0.05, 0.1) is 0 Å². The van der Waals surface area contributed by atoms with Gasteiger partial charge in [0.15, 0.2) is 0 Å². The van der Waals surface area contributed by atoms with Crippen LogP contribution in [0, 0.1) is 0 Å². The SMILES string of the molecule is CSc1ccc(CNC(C)c2cccs2)cc1. The van der Waals surface area contributed by atoms with Crippen molar-refractivity contribution in [1.29, 1.82) is 0 Å². The highest BCUT2D eigenvalue weighted by Crippen LogP contribution is 2.19. The second-order valence-electron chi connectivity index (χ2n) is 3.97. The summed E-state index contributed by atoms with van der Waals surface area (Å²) in [6.07, 6.45) is 2.10. The third-order valence-electron chi connectivity index (χ3n) is 2.74. The lowest BCUT2D eigenvalue weighted by atomic mass is 10.2. The third kappa shape index (κ3) is 3.60. The fourth-order valence-corrected chi connectivity index (χ4v) is 2.82. The van der Waals surface area contributed by atoms with Gasteiger partial charge in [-0.1, -0.05) is 18.2 Å². The molecule has 2 rings (SSSR count). The zero-order valence-corrected chi connectivity index (χ0v) is 11.8. The first kappa shape index (κ1) is 12.7. The average molecular weight is 263 g/mol. The minimum atomic E-state index is 0.426. The van der Waals surface area contributed by atoms with Crippen LogP contribution < -0.4 is 5.32 Å². The van der Waals surface area contributed by atoms with Gasteiger partial charge >= 0.3 is 0 Å². The Bertz CT molecular complexity index is 434. The molecule has 1 N–H and O–H groups in total. The standard InChI is InChI=1S/C14H17NS2/c1-11(14-4-3-9-17-14)15-10-12-5-7-13(16-2)8-6-12/h3-9,11,15H,10H2,1-2H3. The maximum absolute atomic E-state index is 3.54. The number of thiophene rings is 1. The highest BCUT2D eigenvalue weighted by Gasteiger charge is 2.05. The van der Waals surface area contributed by atoms with Crippen LogP contribution in [0.1, 0.15) is 23.4 Å². The van der Waals surface area contributed by atoms with Crippen LogP contribution in [-0.4, -0.2) is 6.26 Å². The average Bonchev–Trinajstić information content (AvgIpc) is 2.90. The van der Waals surface area contributed by atoms with E-state index in [1.165, 1.54) is 15.3 Å². The van der Waals surface area contributed by atoms with Crippen molar-refractivity contribution in [3.05, 3.63) is 52.2 Å². The molecular formula is C14H17NS2. The molecule has 0 saturated heterocycles. The van der Waals surface area contributed by atoms with Crippen LogP contribution in [-0.2, 0) is 6.54 Å². The van der Waals surface area contributed by atoms with Crippen molar-refractivity contribution < 1.29 is 0 Å². The Morgan fingerprint density at radius 1 is 1.24 bits per heavy atom. The molecule has 1 atom stereocenters. The van der Waals surface area contributed by atoms with Crippen LogP contribution in [0.5, 0.6) is 0 Å². The van der Waals surface area contributed by atoms with E-state index in [-0.39, 0.29) is 0 Å². The van der Waals surface area contributed by atoms with Gasteiger partial charge in [-0.15, -0.1) is 23.1 Å². The van der Waals surface area contributed by atoms with Crippen molar-refractivity contribution in [3.63, 3.8) is 0 Å². The summed E-state index contributed by atoms with van der Waals surface area (Å²) in [5.41, 5.74) is 1.34. The Hall–Kier alpha value is -0.770. The molecule has 1 heterocycles. The second-order valence-corrected chi connectivity index (χ2v) is 5.83. The smallest absolute Gasteiger partial charge is 0.0388 e. The monoisotopic (exact) mass is 263 g/mol. The van der Waals surface area contributed by atoms with Crippen molar-refractivity contribution in [1.82, 2.24) is 5.32 Å². The van der Waals surface area contributed by atoms with E-state index in [4.69, 9.17) is 0 Å². The predicted molar refractivity (Wildman–Crippen MR) is 77.8 cm³/mol. The van der Waals surface area contributed by atoms with E-state index in [9.17, 15) is 0 Å². The van der Waals surface area contributed by atoms with Crippen molar-refractivity contribution in [2.45, 2.75) is 24.4 Å². The number of hydrogen-bond donors (Lipinski definition) is 1. The lowest BCUT2D eigenvalue weighted by molar-refractivity contribution is 0.583. The van der Waals surface area contributed by atoms with Gasteiger partial charge in [0.25, 0.3) is 0 Å². The summed E-state index contributed by atoms with van der Waals surface area (Å²) >= 11 is 3.59. The van der Waals surface area contributed by atoms with Gasteiger partial charge < -0.3 is 5.32 Å². The Labute approximate surface area is 111 Å². The van der Waals surface area contributed by atoms with E-state index in [0.717, 1.165) is 6.54 Å². The summed E-state index contributed by atoms with van der Waals surface area (Å²) in [7, 11) is 0. The minimum absolute atomic E-state index is 0.426. The number of benzene rings is 1. The molecule has 3 heteroatoms. The van der Waals surface area contributed by atoms with E-state index >= 15 is 0 Å². The molecule has 0 aliphatic heterocycles. The normalized spacial score (nSPS) is 12.6. The summed E-state index contributed by atoms with van der Waals surface area (Å²) in [4.78, 5) is 2.71. The van der Waals surface area contributed by atoms with Crippen molar-refractivity contribution in [3.8, 4) is 0 Å². The summed E-state index contributed by atoms with van der Waals surface area (Å²) in [5, 5.41) is 5.67. The largest absolute Gasteiger partial charge is 0.305 e. The zero-order chi connectivity index (χ0) is 12.1. The Morgan fingerprint density at radius 2 is 2.00 bits per heavy atom. The summed E-state index contributed by atoms with van der Waals surface area (Å²) in [6.45, 7) is 3.13. The zero-order valence-electron chi connectivity index (χ0n) is 10.1. The molecule has 0 aliphatic rings. The van der Waals surface area contributed by atoms with Crippen LogP contribution in [0.3, 0.4) is 0 Å². The summed E-state index contributed by atoms with van der Waals surface area (Å²) < 4.78 is 0. The van der Waals surface area contributed by atoms with Gasteiger partial charge in [-0.25, -0.2) is 0 Å². The number of hydrogen-bond acceptors (Lipinski definition) is 3. The molecule has 0 amide bonds. The molecule has 0 fully saturated rings. The first-order valence-corrected chi connectivity index (χ1v) is 7.80. The molecular weight excluding hydrogens is 246 g/mol. The van der Waals surface area contributed by atoms with E-state index in [0.29, 0.717) is 6.04 Å². The fraction of sp³-hybridized carbons (Fsp3) is 0.286. The van der Waals surface area contributed by atoms with Crippen LogP contribution >= 0.6 is 23.1 Å². The number of rotatable bonds is 5. The van der Waals surface area contributed by atoms with Gasteiger partial charge in [-0.2, -0.15) is 0 Å². The van der Waals surface area contributed by atoms with Gasteiger partial charge in [0.2, 0.25) is 0 Å². The van der Waals surface area contributed by atoms with Crippen LogP contribution in [0.4, 0.5) is 0 Å². The molecule has 1 nitrogen and oxygen atoms in total. The Balaban J connectivity index is 1.89. The summed E-state index contributed by atoms with van der Waals surface area (Å²) in [5.74, 6) is 0. The minimum Gasteiger partial charge on any atom is -0.305 e. The molecule has 0 saturated carbocycles. The molecule has 1 aromatic carbocycles. The molecule has 1 aromatic heterocycles. The van der Waals surface area contributed by atoms with E-state index in [1.54, 1.807) is 23.1 Å².